The monoisotopic (exact) mass is 314 g/mol. The van der Waals surface area contributed by atoms with Gasteiger partial charge in [0.15, 0.2) is 0 Å². The number of nitrogens with zero attached hydrogens (tertiary/aromatic N) is 2. The Labute approximate surface area is 126 Å². The van der Waals surface area contributed by atoms with E-state index in [1.807, 2.05) is 0 Å². The topological polar surface area (TPSA) is 45.1 Å². The van der Waals surface area contributed by atoms with Crippen molar-refractivity contribution in [1.82, 2.24) is 4.90 Å². The lowest BCUT2D eigenvalue weighted by atomic mass is 9.92. The third-order valence-electron chi connectivity index (χ3n) is 4.26. The third-order valence-corrected chi connectivity index (χ3v) is 4.26. The minimum Gasteiger partial charge on any atom is -0.411 e. The van der Waals surface area contributed by atoms with Gasteiger partial charge in [0.2, 0.25) is 0 Å². The van der Waals surface area contributed by atoms with Crippen molar-refractivity contribution in [2.75, 3.05) is 13.2 Å². The van der Waals surface area contributed by atoms with Crippen LogP contribution in [-0.4, -0.2) is 41.1 Å². The molecule has 2 saturated heterocycles. The van der Waals surface area contributed by atoms with Crippen LogP contribution in [0.15, 0.2) is 29.4 Å². The summed E-state index contributed by atoms with van der Waals surface area (Å²) in [5, 5.41) is 12.3. The molecule has 0 aromatic heterocycles. The van der Waals surface area contributed by atoms with Crippen LogP contribution in [0, 0.1) is 0 Å². The smallest absolute Gasteiger partial charge is 0.411 e. The summed E-state index contributed by atoms with van der Waals surface area (Å²) in [5.41, 5.74) is 0.746. The minimum atomic E-state index is -4.33. The summed E-state index contributed by atoms with van der Waals surface area (Å²) >= 11 is 0. The predicted molar refractivity (Wildman–Crippen MR) is 73.8 cm³/mol. The number of benzene rings is 1. The van der Waals surface area contributed by atoms with Gasteiger partial charge >= 0.3 is 6.18 Å². The van der Waals surface area contributed by atoms with E-state index in [-0.39, 0.29) is 12.1 Å². The zero-order chi connectivity index (χ0) is 15.7. The van der Waals surface area contributed by atoms with Crippen molar-refractivity contribution in [2.24, 2.45) is 5.16 Å². The third kappa shape index (κ3) is 3.10. The number of hydrogen-bond donors (Lipinski definition) is 1. The Morgan fingerprint density at radius 1 is 1.23 bits per heavy atom. The maximum Gasteiger partial charge on any atom is 0.416 e. The number of halogens is 3. The van der Waals surface area contributed by atoms with Crippen LogP contribution in [-0.2, 0) is 17.5 Å². The first-order valence-corrected chi connectivity index (χ1v) is 7.17. The second-order valence-corrected chi connectivity index (χ2v) is 5.79. The second kappa shape index (κ2) is 5.89. The van der Waals surface area contributed by atoms with E-state index in [1.54, 1.807) is 6.07 Å². The van der Waals surface area contributed by atoms with Gasteiger partial charge in [0.25, 0.3) is 0 Å². The number of hydrogen-bond acceptors (Lipinski definition) is 4. The summed E-state index contributed by atoms with van der Waals surface area (Å²) in [6, 6.07) is 5.53. The molecule has 0 amide bonds. The molecule has 0 aliphatic carbocycles. The van der Waals surface area contributed by atoms with Gasteiger partial charge in [0.05, 0.1) is 24.5 Å². The summed E-state index contributed by atoms with van der Waals surface area (Å²) in [6.45, 7) is 1.46. The molecular formula is C15H17F3N2O2. The number of morpholine rings is 1. The molecule has 1 aromatic carbocycles. The lowest BCUT2D eigenvalue weighted by molar-refractivity contribution is -0.137. The fourth-order valence-electron chi connectivity index (χ4n) is 3.21. The fraction of sp³-hybridized carbons (Fsp3) is 0.533. The van der Waals surface area contributed by atoms with E-state index < -0.39 is 11.7 Å². The van der Waals surface area contributed by atoms with Crippen molar-refractivity contribution in [3.63, 3.8) is 0 Å². The normalized spacial score (nSPS) is 26.0. The SMILES string of the molecule is ON=C1CC2COCC(C1)N2Cc1cccc(C(F)(F)F)c1. The standard InChI is InChI=1S/C15H17F3N2O2/c16-15(17,18)11-3-1-2-10(4-11)7-20-13-5-12(19-21)6-14(20)9-22-8-13/h1-4,13-14,21H,5-9H2. The zero-order valence-electron chi connectivity index (χ0n) is 11.9. The van der Waals surface area contributed by atoms with Gasteiger partial charge in [-0.05, 0) is 11.6 Å². The minimum absolute atomic E-state index is 0.0490. The highest BCUT2D eigenvalue weighted by Crippen LogP contribution is 2.31. The molecule has 4 nitrogen and oxygen atoms in total. The van der Waals surface area contributed by atoms with E-state index in [0.29, 0.717) is 38.2 Å². The number of rotatable bonds is 2. The summed E-state index contributed by atoms with van der Waals surface area (Å²) < 4.78 is 43.9. The molecule has 2 heterocycles. The molecule has 2 aliphatic heterocycles. The van der Waals surface area contributed by atoms with Gasteiger partial charge in [-0.2, -0.15) is 13.2 Å². The molecule has 2 fully saturated rings. The Morgan fingerprint density at radius 3 is 2.50 bits per heavy atom. The molecule has 0 spiro atoms. The Balaban J connectivity index is 1.78. The van der Waals surface area contributed by atoms with Gasteiger partial charge in [0.1, 0.15) is 0 Å². The average molecular weight is 314 g/mol. The summed E-state index contributed by atoms with van der Waals surface area (Å²) in [6.07, 6.45) is -3.15. The van der Waals surface area contributed by atoms with Crippen LogP contribution in [0.2, 0.25) is 0 Å². The highest BCUT2D eigenvalue weighted by Gasteiger charge is 2.38. The van der Waals surface area contributed by atoms with Gasteiger partial charge in [-0.15, -0.1) is 0 Å². The second-order valence-electron chi connectivity index (χ2n) is 5.79. The number of oxime groups is 1. The van der Waals surface area contributed by atoms with E-state index in [2.05, 4.69) is 10.1 Å². The maximum atomic E-state index is 12.8. The Bertz CT molecular complexity index is 558. The first-order valence-electron chi connectivity index (χ1n) is 7.17. The summed E-state index contributed by atoms with van der Waals surface area (Å²) in [5.74, 6) is 0. The maximum absolute atomic E-state index is 12.8. The van der Waals surface area contributed by atoms with Crippen LogP contribution in [0.4, 0.5) is 13.2 Å². The van der Waals surface area contributed by atoms with Crippen molar-refractivity contribution in [1.29, 1.82) is 0 Å². The number of fused-ring (bicyclic) bond motifs is 2. The number of ether oxygens (including phenoxy) is 1. The molecule has 7 heteroatoms. The van der Waals surface area contributed by atoms with Crippen LogP contribution in [0.1, 0.15) is 24.0 Å². The van der Waals surface area contributed by atoms with Gasteiger partial charge in [0, 0.05) is 31.5 Å². The molecule has 120 valence electrons. The largest absolute Gasteiger partial charge is 0.416 e. The molecule has 2 bridgehead atoms. The van der Waals surface area contributed by atoms with Gasteiger partial charge in [-0.25, -0.2) is 0 Å². The number of alkyl halides is 3. The Kier molecular flexibility index (Phi) is 4.10. The first-order chi connectivity index (χ1) is 10.5. The first kappa shape index (κ1) is 15.3. The van der Waals surface area contributed by atoms with E-state index >= 15 is 0 Å². The van der Waals surface area contributed by atoms with Gasteiger partial charge < -0.3 is 9.94 Å². The van der Waals surface area contributed by atoms with Gasteiger partial charge in [-0.3, -0.25) is 4.90 Å². The van der Waals surface area contributed by atoms with Crippen molar-refractivity contribution in [3.05, 3.63) is 35.4 Å². The molecule has 0 radical (unpaired) electrons. The van der Waals surface area contributed by atoms with E-state index in [4.69, 9.17) is 9.94 Å². The average Bonchev–Trinajstić information content (AvgIpc) is 2.46. The molecule has 22 heavy (non-hydrogen) atoms. The van der Waals surface area contributed by atoms with Crippen LogP contribution in [0.3, 0.4) is 0 Å². The van der Waals surface area contributed by atoms with E-state index in [0.717, 1.165) is 11.8 Å². The molecule has 2 atom stereocenters. The lowest BCUT2D eigenvalue weighted by Crippen LogP contribution is -2.56. The predicted octanol–water partition coefficient (Wildman–Crippen LogP) is 2.90. The van der Waals surface area contributed by atoms with Crippen molar-refractivity contribution in [3.8, 4) is 0 Å². The molecular weight excluding hydrogens is 297 g/mol. The van der Waals surface area contributed by atoms with Crippen LogP contribution < -0.4 is 0 Å². The highest BCUT2D eigenvalue weighted by molar-refractivity contribution is 5.86. The van der Waals surface area contributed by atoms with Crippen molar-refractivity contribution < 1.29 is 23.1 Å². The van der Waals surface area contributed by atoms with Crippen molar-refractivity contribution >= 4 is 5.71 Å². The fourth-order valence-corrected chi connectivity index (χ4v) is 3.21. The highest BCUT2D eigenvalue weighted by atomic mass is 19.4. The molecule has 1 aromatic rings. The van der Waals surface area contributed by atoms with Crippen LogP contribution in [0.25, 0.3) is 0 Å². The summed E-state index contributed by atoms with van der Waals surface area (Å²) in [7, 11) is 0. The Morgan fingerprint density at radius 2 is 1.91 bits per heavy atom. The molecule has 3 rings (SSSR count). The lowest BCUT2D eigenvalue weighted by Gasteiger charge is -2.45. The molecule has 2 unspecified atom stereocenters. The van der Waals surface area contributed by atoms with Crippen molar-refractivity contribution in [2.45, 2.75) is 37.6 Å². The molecule has 2 aliphatic rings. The quantitative estimate of drug-likeness (QED) is 0.674. The molecule has 0 saturated carbocycles. The van der Waals surface area contributed by atoms with E-state index in [1.165, 1.54) is 12.1 Å². The van der Waals surface area contributed by atoms with E-state index in [9.17, 15) is 13.2 Å². The molecule has 1 N–H and O–H groups in total. The van der Waals surface area contributed by atoms with Crippen LogP contribution >= 0.6 is 0 Å². The van der Waals surface area contributed by atoms with Gasteiger partial charge in [-0.1, -0.05) is 23.4 Å². The Hall–Kier alpha value is -1.60. The zero-order valence-corrected chi connectivity index (χ0v) is 11.9. The number of piperidine rings is 1. The van der Waals surface area contributed by atoms with Crippen LogP contribution in [0.5, 0.6) is 0 Å². The summed E-state index contributed by atoms with van der Waals surface area (Å²) in [4.78, 5) is 2.16.